The first-order valence-electron chi connectivity index (χ1n) is 9.78. The Kier molecular flexibility index (Phi) is 7.00. The van der Waals surface area contributed by atoms with E-state index in [9.17, 15) is 5.11 Å². The van der Waals surface area contributed by atoms with Gasteiger partial charge in [0.15, 0.2) is 16.7 Å². The van der Waals surface area contributed by atoms with Crippen LogP contribution in [-0.2, 0) is 7.05 Å². The van der Waals surface area contributed by atoms with Gasteiger partial charge in [0.25, 0.3) is 0 Å². The van der Waals surface area contributed by atoms with Gasteiger partial charge in [0.1, 0.15) is 6.10 Å². The molecule has 0 bridgehead atoms. The molecule has 3 N–H and O–H groups in total. The van der Waals surface area contributed by atoms with Crippen molar-refractivity contribution in [3.63, 3.8) is 0 Å². The van der Waals surface area contributed by atoms with E-state index >= 15 is 0 Å². The summed E-state index contributed by atoms with van der Waals surface area (Å²) in [5.74, 6) is 1.54. The summed E-state index contributed by atoms with van der Waals surface area (Å²) >= 11 is 2.92. The molecule has 4 aromatic heterocycles. The van der Waals surface area contributed by atoms with Gasteiger partial charge < -0.3 is 20.3 Å². The summed E-state index contributed by atoms with van der Waals surface area (Å²) in [6.45, 7) is 1.70. The number of aryl methyl sites for hydroxylation is 1. The van der Waals surface area contributed by atoms with Crippen molar-refractivity contribution in [2.45, 2.75) is 23.2 Å². The smallest absolute Gasteiger partial charge is 0.217 e. The summed E-state index contributed by atoms with van der Waals surface area (Å²) in [6, 6.07) is 9.53. The van der Waals surface area contributed by atoms with E-state index in [0.29, 0.717) is 28.3 Å². The van der Waals surface area contributed by atoms with Gasteiger partial charge >= 0.3 is 0 Å². The van der Waals surface area contributed by atoms with E-state index in [1.165, 1.54) is 11.3 Å². The van der Waals surface area contributed by atoms with Crippen molar-refractivity contribution in [1.82, 2.24) is 24.7 Å². The summed E-state index contributed by atoms with van der Waals surface area (Å²) in [6.07, 6.45) is 4.18. The largest absolute Gasteiger partial charge is 0.435 e. The zero-order chi connectivity index (χ0) is 22.5. The SMILES string of the molecule is CC(Sc1cnc(Nc2nc(C(O)CO)cs2)c(Oc2ccnn2C)c1)c1ccccn1. The Morgan fingerprint density at radius 3 is 2.81 bits per heavy atom. The average molecular weight is 471 g/mol. The lowest BCUT2D eigenvalue weighted by Gasteiger charge is -2.14. The van der Waals surface area contributed by atoms with Crippen molar-refractivity contribution < 1.29 is 14.9 Å². The number of thiazole rings is 1. The summed E-state index contributed by atoms with van der Waals surface area (Å²) < 4.78 is 7.71. The normalized spacial score (nSPS) is 13.0. The van der Waals surface area contributed by atoms with Crippen LogP contribution in [0.25, 0.3) is 0 Å². The molecular formula is C21H22N6O3S2. The minimum atomic E-state index is -1.02. The van der Waals surface area contributed by atoms with Gasteiger partial charge in [-0.25, -0.2) is 14.6 Å². The van der Waals surface area contributed by atoms with E-state index in [-0.39, 0.29) is 5.25 Å². The molecule has 2 unspecified atom stereocenters. The third kappa shape index (κ3) is 5.25. The number of anilines is 2. The molecule has 32 heavy (non-hydrogen) atoms. The Bertz CT molecular complexity index is 1170. The second kappa shape index (κ2) is 10.1. The Balaban J connectivity index is 1.60. The highest BCUT2D eigenvalue weighted by Crippen LogP contribution is 2.39. The molecule has 4 rings (SSSR count). The Hall–Kier alpha value is -2.99. The number of pyridine rings is 2. The summed E-state index contributed by atoms with van der Waals surface area (Å²) in [5, 5.41) is 28.5. The Morgan fingerprint density at radius 2 is 2.09 bits per heavy atom. The maximum absolute atomic E-state index is 9.79. The summed E-state index contributed by atoms with van der Waals surface area (Å²) in [4.78, 5) is 14.2. The van der Waals surface area contributed by atoms with E-state index < -0.39 is 12.7 Å². The number of nitrogens with zero attached hydrogens (tertiary/aromatic N) is 5. The molecule has 0 spiro atoms. The van der Waals surface area contributed by atoms with Gasteiger partial charge in [0.05, 0.1) is 24.2 Å². The van der Waals surface area contributed by atoms with Crippen LogP contribution < -0.4 is 10.1 Å². The van der Waals surface area contributed by atoms with Gasteiger partial charge in [-0.05, 0) is 25.1 Å². The maximum atomic E-state index is 9.79. The van der Waals surface area contributed by atoms with Crippen LogP contribution in [0, 0.1) is 0 Å². The highest BCUT2D eigenvalue weighted by molar-refractivity contribution is 7.99. The topological polar surface area (TPSA) is 118 Å². The lowest BCUT2D eigenvalue weighted by molar-refractivity contribution is 0.0928. The Labute approximate surface area is 193 Å². The predicted molar refractivity (Wildman–Crippen MR) is 123 cm³/mol. The lowest BCUT2D eigenvalue weighted by Crippen LogP contribution is -2.03. The van der Waals surface area contributed by atoms with E-state index in [2.05, 4.69) is 32.3 Å². The van der Waals surface area contributed by atoms with Gasteiger partial charge in [-0.15, -0.1) is 23.1 Å². The van der Waals surface area contributed by atoms with E-state index in [1.807, 2.05) is 24.3 Å². The highest BCUT2D eigenvalue weighted by atomic mass is 32.2. The van der Waals surface area contributed by atoms with Crippen LogP contribution in [0.2, 0.25) is 0 Å². The first-order valence-corrected chi connectivity index (χ1v) is 11.5. The third-order valence-corrected chi connectivity index (χ3v) is 6.36. The molecule has 0 amide bonds. The molecule has 0 saturated carbocycles. The van der Waals surface area contributed by atoms with Crippen LogP contribution in [0.1, 0.15) is 29.7 Å². The molecule has 0 radical (unpaired) electrons. The van der Waals surface area contributed by atoms with Crippen molar-refractivity contribution in [2.24, 2.45) is 7.05 Å². The van der Waals surface area contributed by atoms with Gasteiger partial charge in [-0.2, -0.15) is 5.10 Å². The second-order valence-corrected chi connectivity index (χ2v) is 9.10. The number of ether oxygens (including phenoxy) is 1. The molecule has 0 aliphatic rings. The maximum Gasteiger partial charge on any atom is 0.217 e. The number of rotatable bonds is 9. The predicted octanol–water partition coefficient (Wildman–Crippen LogP) is 4.08. The molecule has 166 valence electrons. The molecule has 0 aliphatic heterocycles. The number of aromatic nitrogens is 5. The van der Waals surface area contributed by atoms with Crippen molar-refractivity contribution in [3.05, 3.63) is 65.7 Å². The Morgan fingerprint density at radius 1 is 1.22 bits per heavy atom. The fraction of sp³-hybridized carbons (Fsp3) is 0.238. The molecule has 11 heteroatoms. The number of thioether (sulfide) groups is 1. The summed E-state index contributed by atoms with van der Waals surface area (Å²) in [7, 11) is 1.79. The molecule has 4 aromatic rings. The van der Waals surface area contributed by atoms with E-state index in [0.717, 1.165) is 10.6 Å². The minimum Gasteiger partial charge on any atom is -0.435 e. The number of nitrogens with one attached hydrogen (secondary N) is 1. The lowest BCUT2D eigenvalue weighted by atomic mass is 10.3. The number of hydrogen-bond acceptors (Lipinski definition) is 10. The third-order valence-electron chi connectivity index (χ3n) is 4.50. The van der Waals surface area contributed by atoms with Gasteiger partial charge in [0, 0.05) is 41.0 Å². The van der Waals surface area contributed by atoms with Gasteiger partial charge in [0.2, 0.25) is 5.88 Å². The first-order chi connectivity index (χ1) is 15.5. The number of aliphatic hydroxyl groups excluding tert-OH is 2. The fourth-order valence-electron chi connectivity index (χ4n) is 2.81. The van der Waals surface area contributed by atoms with Crippen molar-refractivity contribution >= 4 is 34.0 Å². The summed E-state index contributed by atoms with van der Waals surface area (Å²) in [5.41, 5.74) is 1.37. The molecule has 0 saturated heterocycles. The van der Waals surface area contributed by atoms with Crippen molar-refractivity contribution in [1.29, 1.82) is 0 Å². The van der Waals surface area contributed by atoms with Crippen molar-refractivity contribution in [3.8, 4) is 11.6 Å². The molecule has 0 fully saturated rings. The zero-order valence-corrected chi connectivity index (χ0v) is 19.0. The molecular weight excluding hydrogens is 448 g/mol. The van der Waals surface area contributed by atoms with E-state index in [1.54, 1.807) is 53.5 Å². The van der Waals surface area contributed by atoms with E-state index in [4.69, 9.17) is 9.84 Å². The molecule has 2 atom stereocenters. The van der Waals surface area contributed by atoms with Gasteiger partial charge in [-0.1, -0.05) is 6.07 Å². The standard InChI is InChI=1S/C21H22N6O3S2/c1-13(15-5-3-4-7-22-15)32-14-9-18(30-19-6-8-24-27(19)2)20(23-10-14)26-21-25-16(12-31-21)17(29)11-28/h3-10,12-13,17,28-29H,11H2,1-2H3,(H,23,25,26). The average Bonchev–Trinajstić information content (AvgIpc) is 3.44. The highest BCUT2D eigenvalue weighted by Gasteiger charge is 2.16. The van der Waals surface area contributed by atoms with Gasteiger partial charge in [-0.3, -0.25) is 4.98 Å². The fourth-order valence-corrected chi connectivity index (χ4v) is 4.52. The van der Waals surface area contributed by atoms with Crippen LogP contribution in [0.5, 0.6) is 11.6 Å². The molecule has 0 aliphatic carbocycles. The van der Waals surface area contributed by atoms with Crippen LogP contribution in [0.3, 0.4) is 0 Å². The van der Waals surface area contributed by atoms with Crippen LogP contribution in [0.15, 0.2) is 59.2 Å². The molecule has 9 nitrogen and oxygen atoms in total. The number of hydrogen-bond donors (Lipinski definition) is 3. The van der Waals surface area contributed by atoms with Crippen LogP contribution in [0.4, 0.5) is 10.9 Å². The number of aliphatic hydroxyl groups is 2. The van der Waals surface area contributed by atoms with Crippen molar-refractivity contribution in [2.75, 3.05) is 11.9 Å². The molecule has 4 heterocycles. The zero-order valence-electron chi connectivity index (χ0n) is 17.4. The molecule has 0 aromatic carbocycles. The monoisotopic (exact) mass is 470 g/mol. The first kappa shape index (κ1) is 22.2. The minimum absolute atomic E-state index is 0.128. The van der Waals surface area contributed by atoms with Crippen LogP contribution in [-0.4, -0.2) is 41.6 Å². The van der Waals surface area contributed by atoms with Crippen LogP contribution >= 0.6 is 23.1 Å². The second-order valence-electron chi connectivity index (χ2n) is 6.83. The quantitative estimate of drug-likeness (QED) is 0.311.